The molecule has 0 fully saturated rings. The van der Waals surface area contributed by atoms with E-state index < -0.39 is 0 Å². The van der Waals surface area contributed by atoms with Crippen molar-refractivity contribution in [3.8, 4) is 120 Å². The van der Waals surface area contributed by atoms with E-state index in [0.29, 0.717) is 46.7 Å². The molecule has 15 rings (SSSR count). The Morgan fingerprint density at radius 3 is 0.975 bits per heavy atom. The minimum atomic E-state index is 0.00677. The van der Waals surface area contributed by atoms with Crippen molar-refractivity contribution < 1.29 is 56.6 Å². The number of rotatable bonds is 26. The minimum absolute atomic E-state index is 0.00677. The third-order valence-corrected chi connectivity index (χ3v) is 19.8. The maximum absolute atomic E-state index is 6.00. The number of aromatic nitrogens is 7. The van der Waals surface area contributed by atoms with Crippen LogP contribution in [0.4, 0.5) is 17.1 Å². The van der Waals surface area contributed by atoms with Crippen LogP contribution in [0.1, 0.15) is 83.1 Å². The van der Waals surface area contributed by atoms with Crippen molar-refractivity contribution in [2.24, 2.45) is 0 Å². The molecule has 0 N–H and O–H groups in total. The van der Waals surface area contributed by atoms with Gasteiger partial charge in [-0.2, -0.15) is 0 Å². The Labute approximate surface area is 713 Å². The van der Waals surface area contributed by atoms with E-state index in [1.54, 1.807) is 59.1 Å². The molecule has 22 nitrogen and oxygen atoms in total. The number of nitrogens with zero attached hydrogens (tertiary/aromatic N) is 10. The molecule has 0 aliphatic carbocycles. The number of methoxy groups -OCH3 is 6. The van der Waals surface area contributed by atoms with Gasteiger partial charge in [0.25, 0.3) is 5.88 Å². The third kappa shape index (κ3) is 23.0. The van der Waals surface area contributed by atoms with Crippen LogP contribution in [0.2, 0.25) is 0 Å². The van der Waals surface area contributed by atoms with Gasteiger partial charge in [0.1, 0.15) is 45.1 Å². The molecule has 0 bridgehead atoms. The van der Waals surface area contributed by atoms with E-state index in [0.717, 1.165) is 152 Å². The number of pyridine rings is 5. The normalized spacial score (nSPS) is 11.0. The van der Waals surface area contributed by atoms with E-state index in [1.165, 1.54) is 12.8 Å². The van der Waals surface area contributed by atoms with Gasteiger partial charge in [0.05, 0.1) is 96.3 Å². The van der Waals surface area contributed by atoms with E-state index in [4.69, 9.17) is 71.6 Å². The van der Waals surface area contributed by atoms with Crippen LogP contribution in [0.25, 0.3) is 110 Å². The highest BCUT2D eigenvalue weighted by atomic mass is 32.1. The lowest BCUT2D eigenvalue weighted by Crippen LogP contribution is -2.21. The summed E-state index contributed by atoms with van der Waals surface area (Å²) in [5.74, 6) is 8.11. The van der Waals surface area contributed by atoms with E-state index in [9.17, 15) is 0 Å². The van der Waals surface area contributed by atoms with Crippen molar-refractivity contribution in [1.29, 1.82) is 0 Å². The van der Waals surface area contributed by atoms with Crippen molar-refractivity contribution in [2.75, 3.05) is 98.6 Å². The molecule has 0 saturated heterocycles. The highest BCUT2D eigenvalue weighted by Gasteiger charge is 2.20. The van der Waals surface area contributed by atoms with Crippen molar-refractivity contribution in [2.45, 2.75) is 114 Å². The van der Waals surface area contributed by atoms with Crippen LogP contribution in [0.5, 0.6) is 64.0 Å². The topological polar surface area (TPSA) is 215 Å². The van der Waals surface area contributed by atoms with E-state index in [2.05, 4.69) is 134 Å². The van der Waals surface area contributed by atoms with Crippen molar-refractivity contribution in [1.82, 2.24) is 35.1 Å². The van der Waals surface area contributed by atoms with Gasteiger partial charge in [-0.1, -0.05) is 36.4 Å². The zero-order valence-corrected chi connectivity index (χ0v) is 74.1. The van der Waals surface area contributed by atoms with Crippen LogP contribution in [0.3, 0.4) is 0 Å². The average Bonchev–Trinajstić information content (AvgIpc) is 1.35. The van der Waals surface area contributed by atoms with E-state index in [1.807, 2.05) is 212 Å². The van der Waals surface area contributed by atoms with Crippen LogP contribution in [0.15, 0.2) is 216 Å². The second-order valence-corrected chi connectivity index (χ2v) is 30.9. The number of benzene rings is 8. The van der Waals surface area contributed by atoms with Crippen LogP contribution in [0, 0.1) is 0 Å². The van der Waals surface area contributed by atoms with Gasteiger partial charge in [-0.15, -0.1) is 11.3 Å². The van der Waals surface area contributed by atoms with Gasteiger partial charge in [-0.25, -0.2) is 29.9 Å². The molecule has 630 valence electrons. The Morgan fingerprint density at radius 1 is 0.331 bits per heavy atom. The molecule has 0 saturated carbocycles. The largest absolute Gasteiger partial charge is 0.497 e. The molecule has 0 atom stereocenters. The molecule has 0 unspecified atom stereocenters. The van der Waals surface area contributed by atoms with Crippen molar-refractivity contribution in [3.05, 3.63) is 212 Å². The second kappa shape index (κ2) is 41.5. The minimum Gasteiger partial charge on any atom is -0.497 e. The quantitative estimate of drug-likeness (QED) is 0.0492. The first-order valence-electron chi connectivity index (χ1n) is 40.4. The summed E-state index contributed by atoms with van der Waals surface area (Å²) < 4.78 is 66.7. The maximum Gasteiger partial charge on any atom is 0.254 e. The van der Waals surface area contributed by atoms with Gasteiger partial charge in [0, 0.05) is 114 Å². The lowest BCUT2D eigenvalue weighted by atomic mass is 10.1. The first kappa shape index (κ1) is 88.7. The molecule has 0 aliphatic rings. The van der Waals surface area contributed by atoms with Crippen LogP contribution in [-0.4, -0.2) is 150 Å². The molecule has 8 aromatic carbocycles. The number of thiazole rings is 1. The summed E-state index contributed by atoms with van der Waals surface area (Å²) in [4.78, 5) is 34.4. The van der Waals surface area contributed by atoms with Gasteiger partial charge in [0.2, 0.25) is 29.4 Å². The van der Waals surface area contributed by atoms with Gasteiger partial charge in [0.15, 0.2) is 5.76 Å². The fourth-order valence-electron chi connectivity index (χ4n) is 13.0. The predicted octanol–water partition coefficient (Wildman–Crippen LogP) is 22.9. The Bertz CT molecular complexity index is 5920. The fourth-order valence-corrected chi connectivity index (χ4v) is 13.6. The van der Waals surface area contributed by atoms with Crippen LogP contribution >= 0.6 is 11.3 Å². The summed E-state index contributed by atoms with van der Waals surface area (Å²) in [7, 11) is 18.0. The molecule has 15 aromatic rings. The fraction of sp³-hybridized carbons (Fsp3) is 0.296. The highest BCUT2D eigenvalue weighted by molar-refractivity contribution is 7.13. The molecule has 0 spiro atoms. The number of fused-ring (bicyclic) bond motifs is 5. The summed E-state index contributed by atoms with van der Waals surface area (Å²) >= 11 is 1.56. The summed E-state index contributed by atoms with van der Waals surface area (Å²) in [5, 5.41) is 16.6. The molecule has 7 heterocycles. The smallest absolute Gasteiger partial charge is 0.254 e. The Morgan fingerprint density at radius 2 is 0.661 bits per heavy atom. The lowest BCUT2D eigenvalue weighted by Gasteiger charge is -2.21. The molecular formula is C98H110N10O12S. The molecule has 0 radical (unpaired) electrons. The van der Waals surface area contributed by atoms with Crippen LogP contribution in [-0.2, 0) is 0 Å². The molecule has 0 aliphatic heterocycles. The Kier molecular flexibility index (Phi) is 30.4. The standard InChI is InChI=1S/C23H28N2O2.2C21H24N2O2.C17H18N2O4.C16H16N2O2S/c1-6-25(7-2)19-10-8-17(9-11-19)22-15-18-14-20(26-5)12-13-21(18)23(24-22)27-16(3)4;1-14(2)25-21-19-11-10-18(24-5)12-16(19)13-20(22-21)15-6-8-17(9-7-15)23(3)4;1-14(2)25-21-19-10-9-18(24-5)12-16(19)13-20(22-21)15-7-6-8-17(11-15)23(3)4;1-10(2)22-17-13-6-5-12(20-3)7-11(13)8-14(18-17)15-9-16(21-4)19-23-15;1-10(2)20-15-13-5-4-12(19-3)8-11(13)9-14(18-15)16-17-6-7-21-16/h8-16H,6-7H2,1-5H3;2*6-14H,1-5H3;5-10H,1-4H3;4-10H,1-3H3. The summed E-state index contributed by atoms with van der Waals surface area (Å²) in [5.41, 5.74) is 10.8. The van der Waals surface area contributed by atoms with E-state index in [-0.39, 0.29) is 30.5 Å². The van der Waals surface area contributed by atoms with Gasteiger partial charge < -0.3 is 71.3 Å². The summed E-state index contributed by atoms with van der Waals surface area (Å²) in [6, 6.07) is 66.6. The van der Waals surface area contributed by atoms with Gasteiger partial charge in [-0.05, 0) is 273 Å². The van der Waals surface area contributed by atoms with Gasteiger partial charge in [-0.3, -0.25) is 0 Å². The maximum atomic E-state index is 6.00. The van der Waals surface area contributed by atoms with Crippen molar-refractivity contribution >= 4 is 82.3 Å². The third-order valence-electron chi connectivity index (χ3n) is 19.0. The second-order valence-electron chi connectivity index (χ2n) is 30.0. The molecule has 23 heteroatoms. The number of anilines is 3. The highest BCUT2D eigenvalue weighted by Crippen LogP contribution is 2.40. The SMILES string of the molecule is CCN(CC)c1ccc(-c2cc3cc(OC)ccc3c(OC(C)C)n2)cc1.COc1ccc2c(OC(C)C)nc(-c3cc(OC)no3)cc2c1.COc1ccc2c(OC(C)C)nc(-c3ccc(N(C)C)cc3)cc2c1.COc1ccc2c(OC(C)C)nc(-c3cccc(N(C)C)c3)cc2c1.COc1ccc2c(OC(C)C)nc(-c3nccs3)cc2c1. The van der Waals surface area contributed by atoms with Crippen LogP contribution < -0.4 is 66.8 Å². The number of ether oxygens (including phenoxy) is 11. The molecule has 121 heavy (non-hydrogen) atoms. The van der Waals surface area contributed by atoms with E-state index >= 15 is 0 Å². The monoisotopic (exact) mass is 1650 g/mol. The summed E-state index contributed by atoms with van der Waals surface area (Å²) in [6.07, 6.45) is 2.02. The van der Waals surface area contributed by atoms with Gasteiger partial charge >= 0.3 is 0 Å². The molecular weight excluding hydrogens is 1540 g/mol. The van der Waals surface area contributed by atoms with Crippen molar-refractivity contribution in [3.63, 3.8) is 0 Å². The molecule has 0 amide bonds. The zero-order chi connectivity index (χ0) is 86.6. The zero-order valence-electron chi connectivity index (χ0n) is 73.3. The number of hydrogen-bond donors (Lipinski definition) is 0. The first-order valence-corrected chi connectivity index (χ1v) is 41.3. The molecule has 7 aromatic heterocycles. The predicted molar refractivity (Wildman–Crippen MR) is 492 cm³/mol. The average molecular weight is 1650 g/mol. The summed E-state index contributed by atoms with van der Waals surface area (Å²) in [6.45, 7) is 26.3. The number of hydrogen-bond acceptors (Lipinski definition) is 23. The Balaban J connectivity index is 0.000000148. The lowest BCUT2D eigenvalue weighted by molar-refractivity contribution is 0.236. The first-order chi connectivity index (χ1) is 58.3. The Hall–Kier alpha value is -13.2.